The predicted octanol–water partition coefficient (Wildman–Crippen LogP) is 2.50. The van der Waals surface area contributed by atoms with Crippen molar-refractivity contribution in [2.45, 2.75) is 18.3 Å². The summed E-state index contributed by atoms with van der Waals surface area (Å²) in [4.78, 5) is 13.8. The summed E-state index contributed by atoms with van der Waals surface area (Å²) in [5, 5.41) is 9.57. The molecule has 0 bridgehead atoms. The Bertz CT molecular complexity index is 408. The lowest BCUT2D eigenvalue weighted by atomic mass is 9.73. The van der Waals surface area contributed by atoms with Gasteiger partial charge in [0, 0.05) is 4.47 Å². The van der Waals surface area contributed by atoms with Crippen molar-refractivity contribution in [3.8, 4) is 0 Å². The van der Waals surface area contributed by atoms with Crippen LogP contribution in [0.2, 0.25) is 0 Å². The average Bonchev–Trinajstić information content (AvgIpc) is 2.31. The van der Waals surface area contributed by atoms with Crippen LogP contribution in [0.25, 0.3) is 0 Å². The van der Waals surface area contributed by atoms with E-state index in [9.17, 15) is 9.90 Å². The second kappa shape index (κ2) is 4.78. The number of likely N-dealkylation sites (tertiary alicyclic amines) is 1. The van der Waals surface area contributed by atoms with Crippen LogP contribution in [0.4, 0.5) is 0 Å². The van der Waals surface area contributed by atoms with Gasteiger partial charge in [-0.1, -0.05) is 28.1 Å². The predicted molar refractivity (Wildman–Crippen MR) is 70.2 cm³/mol. The van der Waals surface area contributed by atoms with Gasteiger partial charge in [-0.25, -0.2) is 0 Å². The molecule has 1 saturated heterocycles. The molecule has 0 aromatic heterocycles. The van der Waals surface area contributed by atoms with Crippen molar-refractivity contribution in [1.29, 1.82) is 0 Å². The Morgan fingerprint density at radius 3 is 2.29 bits per heavy atom. The number of nitrogens with zero attached hydrogens (tertiary/aromatic N) is 1. The summed E-state index contributed by atoms with van der Waals surface area (Å²) < 4.78 is 0.981. The van der Waals surface area contributed by atoms with E-state index in [1.807, 2.05) is 31.3 Å². The van der Waals surface area contributed by atoms with Gasteiger partial charge in [0.1, 0.15) is 0 Å². The molecule has 17 heavy (non-hydrogen) atoms. The third-order valence-corrected chi connectivity index (χ3v) is 4.18. The molecule has 1 aliphatic heterocycles. The van der Waals surface area contributed by atoms with Crippen molar-refractivity contribution in [2.24, 2.45) is 0 Å². The largest absolute Gasteiger partial charge is 0.481 e. The lowest BCUT2D eigenvalue weighted by molar-refractivity contribution is -0.145. The van der Waals surface area contributed by atoms with E-state index in [0.29, 0.717) is 12.8 Å². The molecule has 0 aliphatic carbocycles. The van der Waals surface area contributed by atoms with Crippen molar-refractivity contribution in [1.82, 2.24) is 4.90 Å². The van der Waals surface area contributed by atoms with Crippen LogP contribution >= 0.6 is 15.9 Å². The lowest BCUT2D eigenvalue weighted by Crippen LogP contribution is -2.46. The fourth-order valence-electron chi connectivity index (χ4n) is 2.40. The van der Waals surface area contributed by atoms with Crippen LogP contribution in [-0.2, 0) is 10.2 Å². The maximum Gasteiger partial charge on any atom is 0.314 e. The number of carbonyl (C=O) groups is 1. The van der Waals surface area contributed by atoms with Gasteiger partial charge >= 0.3 is 5.97 Å². The van der Waals surface area contributed by atoms with E-state index in [-0.39, 0.29) is 0 Å². The van der Waals surface area contributed by atoms with E-state index in [1.54, 1.807) is 0 Å². The summed E-state index contributed by atoms with van der Waals surface area (Å²) in [6, 6.07) is 7.67. The minimum absolute atomic E-state index is 0.681. The van der Waals surface area contributed by atoms with Gasteiger partial charge in [-0.2, -0.15) is 0 Å². The second-order valence-corrected chi connectivity index (χ2v) is 5.61. The smallest absolute Gasteiger partial charge is 0.314 e. The monoisotopic (exact) mass is 297 g/mol. The Balaban J connectivity index is 2.35. The maximum absolute atomic E-state index is 11.6. The molecule has 1 aromatic rings. The normalized spacial score (nSPS) is 20.1. The fourth-order valence-corrected chi connectivity index (χ4v) is 2.66. The average molecular weight is 298 g/mol. The molecular weight excluding hydrogens is 282 g/mol. The molecule has 1 N–H and O–H groups in total. The minimum Gasteiger partial charge on any atom is -0.481 e. The number of hydrogen-bond donors (Lipinski definition) is 1. The van der Waals surface area contributed by atoms with Crippen LogP contribution in [0, 0.1) is 0 Å². The summed E-state index contributed by atoms with van der Waals surface area (Å²) in [6.07, 6.45) is 1.36. The van der Waals surface area contributed by atoms with Gasteiger partial charge < -0.3 is 10.0 Å². The van der Waals surface area contributed by atoms with Crippen molar-refractivity contribution in [3.05, 3.63) is 34.3 Å². The van der Waals surface area contributed by atoms with Crippen LogP contribution in [0.1, 0.15) is 18.4 Å². The summed E-state index contributed by atoms with van der Waals surface area (Å²) in [5.41, 5.74) is 0.217. The molecule has 1 aromatic carbocycles. The van der Waals surface area contributed by atoms with E-state index in [2.05, 4.69) is 20.8 Å². The second-order valence-electron chi connectivity index (χ2n) is 4.70. The van der Waals surface area contributed by atoms with Crippen LogP contribution in [0.5, 0.6) is 0 Å². The van der Waals surface area contributed by atoms with Crippen molar-refractivity contribution in [3.63, 3.8) is 0 Å². The zero-order valence-electron chi connectivity index (χ0n) is 9.82. The number of hydrogen-bond acceptors (Lipinski definition) is 2. The molecule has 0 unspecified atom stereocenters. The van der Waals surface area contributed by atoms with E-state index in [0.717, 1.165) is 23.1 Å². The van der Waals surface area contributed by atoms with Crippen LogP contribution in [-0.4, -0.2) is 36.1 Å². The maximum atomic E-state index is 11.6. The number of halogens is 1. The fraction of sp³-hybridized carbons (Fsp3) is 0.462. The zero-order valence-corrected chi connectivity index (χ0v) is 11.4. The SMILES string of the molecule is CN1CCC(C(=O)O)(c2ccc(Br)cc2)CC1. The third-order valence-electron chi connectivity index (χ3n) is 3.65. The third kappa shape index (κ3) is 2.38. The first-order chi connectivity index (χ1) is 8.04. The zero-order chi connectivity index (χ0) is 12.5. The first kappa shape index (κ1) is 12.6. The Morgan fingerprint density at radius 1 is 1.29 bits per heavy atom. The number of carboxylic acid groups (broad SMARTS) is 1. The minimum atomic E-state index is -0.701. The van der Waals surface area contributed by atoms with Crippen LogP contribution in [0.3, 0.4) is 0 Å². The summed E-state index contributed by atoms with van der Waals surface area (Å²) in [5.74, 6) is -0.701. The summed E-state index contributed by atoms with van der Waals surface area (Å²) in [6.45, 7) is 1.67. The highest BCUT2D eigenvalue weighted by Gasteiger charge is 2.42. The van der Waals surface area contributed by atoms with Crippen LogP contribution in [0.15, 0.2) is 28.7 Å². The molecule has 1 fully saturated rings. The van der Waals surface area contributed by atoms with Crippen molar-refractivity contribution >= 4 is 21.9 Å². The molecule has 4 heteroatoms. The Hall–Kier alpha value is -0.870. The molecule has 0 spiro atoms. The molecule has 3 nitrogen and oxygen atoms in total. The molecule has 0 saturated carbocycles. The summed E-state index contributed by atoms with van der Waals surface area (Å²) in [7, 11) is 2.04. The Kier molecular flexibility index (Phi) is 3.54. The molecule has 92 valence electrons. The highest BCUT2D eigenvalue weighted by molar-refractivity contribution is 9.10. The van der Waals surface area contributed by atoms with Gasteiger partial charge in [0.25, 0.3) is 0 Å². The standard InChI is InChI=1S/C13H16BrNO2/c1-15-8-6-13(7-9-15,12(16)17)10-2-4-11(14)5-3-10/h2-5H,6-9H2,1H3,(H,16,17). The van der Waals surface area contributed by atoms with Crippen molar-refractivity contribution in [2.75, 3.05) is 20.1 Å². The molecule has 0 amide bonds. The van der Waals surface area contributed by atoms with Gasteiger partial charge in [0.05, 0.1) is 5.41 Å². The number of piperidine rings is 1. The quantitative estimate of drug-likeness (QED) is 0.912. The molecule has 0 atom stereocenters. The number of aliphatic carboxylic acids is 1. The first-order valence-electron chi connectivity index (χ1n) is 5.72. The number of benzene rings is 1. The Labute approximate surface area is 110 Å². The molecule has 1 aliphatic rings. The van der Waals surface area contributed by atoms with Crippen molar-refractivity contribution < 1.29 is 9.90 Å². The highest BCUT2D eigenvalue weighted by atomic mass is 79.9. The number of carboxylic acids is 1. The van der Waals surface area contributed by atoms with E-state index in [4.69, 9.17) is 0 Å². The highest BCUT2D eigenvalue weighted by Crippen LogP contribution is 2.36. The van der Waals surface area contributed by atoms with E-state index >= 15 is 0 Å². The van der Waals surface area contributed by atoms with Gasteiger partial charge in [0.15, 0.2) is 0 Å². The van der Waals surface area contributed by atoms with E-state index < -0.39 is 11.4 Å². The van der Waals surface area contributed by atoms with Gasteiger partial charge in [-0.3, -0.25) is 4.79 Å². The first-order valence-corrected chi connectivity index (χ1v) is 6.52. The molecule has 2 rings (SSSR count). The van der Waals surface area contributed by atoms with Gasteiger partial charge in [0.2, 0.25) is 0 Å². The van der Waals surface area contributed by atoms with Gasteiger partial charge in [-0.15, -0.1) is 0 Å². The molecule has 0 radical (unpaired) electrons. The molecular formula is C13H16BrNO2. The Morgan fingerprint density at radius 2 is 1.82 bits per heavy atom. The number of rotatable bonds is 2. The van der Waals surface area contributed by atoms with Crippen LogP contribution < -0.4 is 0 Å². The van der Waals surface area contributed by atoms with E-state index in [1.165, 1.54) is 0 Å². The summed E-state index contributed by atoms with van der Waals surface area (Å²) >= 11 is 3.38. The molecule has 1 heterocycles. The lowest BCUT2D eigenvalue weighted by Gasteiger charge is -2.37. The topological polar surface area (TPSA) is 40.5 Å². The van der Waals surface area contributed by atoms with Gasteiger partial charge in [-0.05, 0) is 50.7 Å².